The molecule has 2 nitrogen and oxygen atoms in total. The smallest absolute Gasteiger partial charge is 0.0461 e. The lowest BCUT2D eigenvalue weighted by Gasteiger charge is -2.35. The van der Waals surface area contributed by atoms with Gasteiger partial charge in [-0.25, -0.2) is 0 Å². The fourth-order valence-electron chi connectivity index (χ4n) is 2.44. The van der Waals surface area contributed by atoms with Crippen molar-refractivity contribution < 1.29 is 0 Å². The highest BCUT2D eigenvalue weighted by Crippen LogP contribution is 2.25. The Kier molecular flexibility index (Phi) is 4.10. The summed E-state index contributed by atoms with van der Waals surface area (Å²) < 4.78 is 0.988. The number of nitrogens with zero attached hydrogens (tertiary/aromatic N) is 1. The molecule has 94 valence electrons. The first-order chi connectivity index (χ1) is 8.06. The zero-order valence-corrected chi connectivity index (χ0v) is 12.2. The zero-order valence-electron chi connectivity index (χ0n) is 10.6. The molecule has 1 saturated heterocycles. The maximum atomic E-state index is 5.91. The van der Waals surface area contributed by atoms with Gasteiger partial charge >= 0.3 is 0 Å². The molecule has 17 heavy (non-hydrogen) atoms. The van der Waals surface area contributed by atoms with Crippen LogP contribution in [0, 0.1) is 11.8 Å². The van der Waals surface area contributed by atoms with Gasteiger partial charge in [0.05, 0.1) is 0 Å². The molecule has 0 bridgehead atoms. The van der Waals surface area contributed by atoms with Gasteiger partial charge in [-0.1, -0.05) is 19.9 Å². The quantitative estimate of drug-likeness (QED) is 0.846. The lowest BCUT2D eigenvalue weighted by molar-refractivity contribution is 0.132. The number of hydrogen-bond donors (Lipinski definition) is 1. The summed E-state index contributed by atoms with van der Waals surface area (Å²) in [5, 5.41) is 0. The van der Waals surface area contributed by atoms with Crippen molar-refractivity contribution in [2.75, 3.05) is 18.8 Å². The van der Waals surface area contributed by atoms with Crippen LogP contribution in [0.2, 0.25) is 0 Å². The molecule has 1 aliphatic heterocycles. The van der Waals surface area contributed by atoms with Gasteiger partial charge in [0.25, 0.3) is 0 Å². The minimum Gasteiger partial charge on any atom is -0.398 e. The zero-order chi connectivity index (χ0) is 12.4. The van der Waals surface area contributed by atoms with Gasteiger partial charge in [0.15, 0.2) is 0 Å². The van der Waals surface area contributed by atoms with E-state index in [1.165, 1.54) is 25.1 Å². The highest BCUT2D eigenvalue weighted by Gasteiger charge is 2.22. The van der Waals surface area contributed by atoms with Crippen LogP contribution >= 0.6 is 15.9 Å². The van der Waals surface area contributed by atoms with Crippen LogP contribution in [0.3, 0.4) is 0 Å². The molecule has 0 amide bonds. The summed E-state index contributed by atoms with van der Waals surface area (Å²) in [6.07, 6.45) is 1.31. The van der Waals surface area contributed by atoms with Gasteiger partial charge < -0.3 is 5.73 Å². The number of piperidine rings is 1. The van der Waals surface area contributed by atoms with E-state index >= 15 is 0 Å². The molecule has 0 aromatic heterocycles. The van der Waals surface area contributed by atoms with Crippen LogP contribution in [-0.4, -0.2) is 18.0 Å². The lowest BCUT2D eigenvalue weighted by atomic mass is 9.88. The van der Waals surface area contributed by atoms with E-state index in [2.05, 4.69) is 46.8 Å². The van der Waals surface area contributed by atoms with Crippen molar-refractivity contribution in [2.45, 2.75) is 26.8 Å². The van der Waals surface area contributed by atoms with Crippen LogP contribution in [0.15, 0.2) is 22.7 Å². The molecule has 2 rings (SSSR count). The van der Waals surface area contributed by atoms with E-state index in [0.29, 0.717) is 0 Å². The molecule has 2 unspecified atom stereocenters. The summed E-state index contributed by atoms with van der Waals surface area (Å²) in [6, 6.07) is 6.27. The molecule has 1 aromatic carbocycles. The Bertz CT molecular complexity index is 392. The molecular weight excluding hydrogens is 276 g/mol. The molecule has 0 aliphatic carbocycles. The summed E-state index contributed by atoms with van der Waals surface area (Å²) in [6.45, 7) is 8.15. The highest BCUT2D eigenvalue weighted by molar-refractivity contribution is 9.10. The first-order valence-electron chi connectivity index (χ1n) is 6.32. The van der Waals surface area contributed by atoms with E-state index in [-0.39, 0.29) is 0 Å². The fraction of sp³-hybridized carbons (Fsp3) is 0.571. The summed E-state index contributed by atoms with van der Waals surface area (Å²) >= 11 is 3.43. The third kappa shape index (κ3) is 3.23. The number of anilines is 1. The molecule has 1 aromatic rings. The van der Waals surface area contributed by atoms with Gasteiger partial charge in [-0.2, -0.15) is 0 Å². The summed E-state index contributed by atoms with van der Waals surface area (Å²) in [4.78, 5) is 2.54. The van der Waals surface area contributed by atoms with Crippen molar-refractivity contribution in [1.29, 1.82) is 0 Å². The van der Waals surface area contributed by atoms with Gasteiger partial charge in [0.2, 0.25) is 0 Å². The number of hydrogen-bond acceptors (Lipinski definition) is 2. The van der Waals surface area contributed by atoms with Crippen LogP contribution in [-0.2, 0) is 6.54 Å². The number of nitrogens with two attached hydrogens (primary N) is 1. The Morgan fingerprint density at radius 3 is 2.76 bits per heavy atom. The molecule has 2 N–H and O–H groups in total. The van der Waals surface area contributed by atoms with Gasteiger partial charge in [-0.3, -0.25) is 4.90 Å². The summed E-state index contributed by atoms with van der Waals surface area (Å²) in [5.74, 6) is 1.66. The van der Waals surface area contributed by atoms with E-state index < -0.39 is 0 Å². The van der Waals surface area contributed by atoms with E-state index in [1.807, 2.05) is 6.07 Å². The number of nitrogen functional groups attached to an aromatic ring is 1. The van der Waals surface area contributed by atoms with Crippen molar-refractivity contribution in [3.63, 3.8) is 0 Å². The molecular formula is C14H21BrN2. The Morgan fingerprint density at radius 2 is 2.12 bits per heavy atom. The Morgan fingerprint density at radius 1 is 1.35 bits per heavy atom. The van der Waals surface area contributed by atoms with E-state index in [4.69, 9.17) is 5.73 Å². The topological polar surface area (TPSA) is 29.3 Å². The largest absolute Gasteiger partial charge is 0.398 e. The monoisotopic (exact) mass is 296 g/mol. The minimum atomic E-state index is 0.802. The van der Waals surface area contributed by atoms with Crippen LogP contribution in [0.25, 0.3) is 0 Å². The Balaban J connectivity index is 1.99. The van der Waals surface area contributed by atoms with Crippen LogP contribution in [0.5, 0.6) is 0 Å². The number of likely N-dealkylation sites (tertiary alicyclic amines) is 1. The van der Waals surface area contributed by atoms with Crippen molar-refractivity contribution in [1.82, 2.24) is 4.90 Å². The molecule has 1 heterocycles. The molecule has 3 heteroatoms. The second-order valence-corrected chi connectivity index (χ2v) is 6.19. The Labute approximate surface area is 112 Å². The molecule has 2 atom stereocenters. The standard InChI is InChI=1S/C14H21BrN2/c1-10-5-6-17(8-11(10)2)9-12-3-4-13(15)14(16)7-12/h3-4,7,10-11H,5-6,8-9,16H2,1-2H3. The molecule has 1 fully saturated rings. The van der Waals surface area contributed by atoms with E-state index in [1.54, 1.807) is 0 Å². The van der Waals surface area contributed by atoms with Crippen molar-refractivity contribution in [2.24, 2.45) is 11.8 Å². The second-order valence-electron chi connectivity index (χ2n) is 5.33. The third-order valence-electron chi connectivity index (χ3n) is 3.88. The molecule has 0 saturated carbocycles. The molecule has 1 aliphatic rings. The van der Waals surface area contributed by atoms with Crippen LogP contribution in [0.4, 0.5) is 5.69 Å². The molecule has 0 radical (unpaired) electrons. The van der Waals surface area contributed by atoms with Crippen molar-refractivity contribution in [3.05, 3.63) is 28.2 Å². The SMILES string of the molecule is CC1CCN(Cc2ccc(Br)c(N)c2)CC1C. The first kappa shape index (κ1) is 12.9. The van der Waals surface area contributed by atoms with Crippen LogP contribution < -0.4 is 5.73 Å². The fourth-order valence-corrected chi connectivity index (χ4v) is 2.69. The first-order valence-corrected chi connectivity index (χ1v) is 7.12. The summed E-state index contributed by atoms with van der Waals surface area (Å²) in [5.41, 5.74) is 8.06. The van der Waals surface area contributed by atoms with Gasteiger partial charge in [0, 0.05) is 23.2 Å². The maximum Gasteiger partial charge on any atom is 0.0461 e. The van der Waals surface area contributed by atoms with E-state index in [9.17, 15) is 0 Å². The minimum absolute atomic E-state index is 0.802. The third-order valence-corrected chi connectivity index (χ3v) is 4.61. The van der Waals surface area contributed by atoms with Gasteiger partial charge in [0.1, 0.15) is 0 Å². The highest BCUT2D eigenvalue weighted by atomic mass is 79.9. The predicted molar refractivity (Wildman–Crippen MR) is 76.8 cm³/mol. The molecule has 0 spiro atoms. The van der Waals surface area contributed by atoms with Gasteiger partial charge in [-0.05, 0) is 58.4 Å². The number of benzene rings is 1. The number of halogens is 1. The summed E-state index contributed by atoms with van der Waals surface area (Å²) in [7, 11) is 0. The van der Waals surface area contributed by atoms with Crippen LogP contribution in [0.1, 0.15) is 25.8 Å². The average molecular weight is 297 g/mol. The Hall–Kier alpha value is -0.540. The number of rotatable bonds is 2. The average Bonchev–Trinajstić information content (AvgIpc) is 2.29. The van der Waals surface area contributed by atoms with Gasteiger partial charge in [-0.15, -0.1) is 0 Å². The maximum absolute atomic E-state index is 5.91. The van der Waals surface area contributed by atoms with Crippen molar-refractivity contribution >= 4 is 21.6 Å². The predicted octanol–water partition coefficient (Wildman–Crippen LogP) is 3.51. The normalized spacial score (nSPS) is 26.1. The van der Waals surface area contributed by atoms with Crippen molar-refractivity contribution in [3.8, 4) is 0 Å². The van der Waals surface area contributed by atoms with E-state index in [0.717, 1.165) is 28.5 Å². The second kappa shape index (κ2) is 5.40. The lowest BCUT2D eigenvalue weighted by Crippen LogP contribution is -2.37.